The van der Waals surface area contributed by atoms with Crippen LogP contribution in [0.25, 0.3) is 0 Å². The average molecular weight is 253 g/mol. The fourth-order valence-electron chi connectivity index (χ4n) is 2.38. The van der Waals surface area contributed by atoms with Gasteiger partial charge in [-0.3, -0.25) is 14.9 Å². The van der Waals surface area contributed by atoms with Crippen LogP contribution in [0.4, 0.5) is 4.79 Å². The number of alkyl carbamates (subject to hydrolysis) is 1. The predicted octanol–water partition coefficient (Wildman–Crippen LogP) is 1.82. The molecule has 0 unspecified atom stereocenters. The van der Waals surface area contributed by atoms with Gasteiger partial charge in [-0.1, -0.05) is 5.57 Å². The van der Waals surface area contributed by atoms with Crippen molar-refractivity contribution in [1.82, 2.24) is 5.32 Å². The highest BCUT2D eigenvalue weighted by Gasteiger charge is 2.37. The van der Waals surface area contributed by atoms with Gasteiger partial charge < -0.3 is 4.74 Å². The molecule has 0 aromatic heterocycles. The normalized spacial score (nSPS) is 23.3. The van der Waals surface area contributed by atoms with E-state index in [4.69, 9.17) is 0 Å². The highest BCUT2D eigenvalue weighted by atomic mass is 16.5. The summed E-state index contributed by atoms with van der Waals surface area (Å²) in [6.07, 6.45) is 1.79. The molecule has 1 saturated carbocycles. The number of Topliss-reactive ketones (excluding diaryl/α,β-unsaturated/α-hetero) is 1. The molecule has 0 saturated heterocycles. The number of ether oxygens (including phenoxy) is 1. The standard InChI is InChI=1S/C13H19NO4/c1-8(2)7-9-5-4-6-10(15)11(9)12(16)14-13(17)18-3/h9,11H,1,4-7H2,2-3H3,(H,14,16,17)/t9-,11-/m1/s1. The molecule has 1 aliphatic carbocycles. The Morgan fingerprint density at radius 2 is 2.17 bits per heavy atom. The summed E-state index contributed by atoms with van der Waals surface area (Å²) >= 11 is 0. The third kappa shape index (κ3) is 3.68. The fraction of sp³-hybridized carbons (Fsp3) is 0.615. The van der Waals surface area contributed by atoms with Gasteiger partial charge in [0, 0.05) is 6.42 Å². The molecule has 2 amide bonds. The molecule has 0 aromatic rings. The van der Waals surface area contributed by atoms with Crippen LogP contribution in [0, 0.1) is 11.8 Å². The van der Waals surface area contributed by atoms with Crippen LogP contribution in [0.2, 0.25) is 0 Å². The number of hydrogen-bond acceptors (Lipinski definition) is 4. The van der Waals surface area contributed by atoms with Gasteiger partial charge in [0.2, 0.25) is 5.91 Å². The molecule has 5 heteroatoms. The maximum absolute atomic E-state index is 11.9. The molecule has 100 valence electrons. The van der Waals surface area contributed by atoms with E-state index in [9.17, 15) is 14.4 Å². The van der Waals surface area contributed by atoms with Crippen LogP contribution in [0.1, 0.15) is 32.6 Å². The zero-order valence-electron chi connectivity index (χ0n) is 10.8. The first-order valence-corrected chi connectivity index (χ1v) is 6.01. The number of amides is 2. The topological polar surface area (TPSA) is 72.5 Å². The number of methoxy groups -OCH3 is 1. The van der Waals surface area contributed by atoms with Crippen molar-refractivity contribution in [2.24, 2.45) is 11.8 Å². The Hall–Kier alpha value is -1.65. The molecular formula is C13H19NO4. The minimum atomic E-state index is -0.826. The van der Waals surface area contributed by atoms with Gasteiger partial charge in [0.1, 0.15) is 11.7 Å². The van der Waals surface area contributed by atoms with E-state index < -0.39 is 17.9 Å². The Balaban J connectivity index is 2.77. The van der Waals surface area contributed by atoms with E-state index >= 15 is 0 Å². The molecule has 1 aliphatic rings. The zero-order chi connectivity index (χ0) is 13.7. The lowest BCUT2D eigenvalue weighted by atomic mass is 9.75. The molecule has 0 spiro atoms. The maximum atomic E-state index is 11.9. The summed E-state index contributed by atoms with van der Waals surface area (Å²) in [6, 6.07) is 0. The van der Waals surface area contributed by atoms with Crippen LogP contribution in [0.15, 0.2) is 12.2 Å². The summed E-state index contributed by atoms with van der Waals surface area (Å²) < 4.78 is 4.36. The van der Waals surface area contributed by atoms with Gasteiger partial charge in [-0.2, -0.15) is 0 Å². The minimum Gasteiger partial charge on any atom is -0.453 e. The van der Waals surface area contributed by atoms with Gasteiger partial charge in [-0.15, -0.1) is 6.58 Å². The quantitative estimate of drug-likeness (QED) is 0.615. The summed E-state index contributed by atoms with van der Waals surface area (Å²) in [4.78, 5) is 34.8. The number of rotatable bonds is 3. The van der Waals surface area contributed by atoms with Crippen molar-refractivity contribution in [1.29, 1.82) is 0 Å². The van der Waals surface area contributed by atoms with Gasteiger partial charge in [0.05, 0.1) is 7.11 Å². The molecule has 2 atom stereocenters. The molecule has 0 aliphatic heterocycles. The van der Waals surface area contributed by atoms with Crippen molar-refractivity contribution in [2.75, 3.05) is 7.11 Å². The van der Waals surface area contributed by atoms with Crippen molar-refractivity contribution in [3.8, 4) is 0 Å². The van der Waals surface area contributed by atoms with Gasteiger partial charge >= 0.3 is 6.09 Å². The van der Waals surface area contributed by atoms with Crippen LogP contribution in [-0.4, -0.2) is 24.9 Å². The molecule has 1 rings (SSSR count). The Labute approximate surface area is 107 Å². The van der Waals surface area contributed by atoms with Crippen molar-refractivity contribution in [3.05, 3.63) is 12.2 Å². The maximum Gasteiger partial charge on any atom is 0.413 e. The first kappa shape index (κ1) is 14.4. The highest BCUT2D eigenvalue weighted by Crippen LogP contribution is 2.32. The number of ketones is 1. The fourth-order valence-corrected chi connectivity index (χ4v) is 2.38. The van der Waals surface area contributed by atoms with E-state index in [1.807, 2.05) is 6.92 Å². The van der Waals surface area contributed by atoms with Gasteiger partial charge in [0.15, 0.2) is 0 Å². The first-order valence-electron chi connectivity index (χ1n) is 6.01. The average Bonchev–Trinajstić information content (AvgIpc) is 2.27. The molecule has 5 nitrogen and oxygen atoms in total. The molecule has 1 fully saturated rings. The molecule has 0 aromatic carbocycles. The molecule has 1 N–H and O–H groups in total. The van der Waals surface area contributed by atoms with Gasteiger partial charge in [-0.25, -0.2) is 4.79 Å². The van der Waals surface area contributed by atoms with Crippen LogP contribution < -0.4 is 5.32 Å². The first-order chi connectivity index (χ1) is 8.45. The molecule has 0 radical (unpaired) electrons. The highest BCUT2D eigenvalue weighted by molar-refractivity contribution is 6.06. The van der Waals surface area contributed by atoms with Crippen LogP contribution in [0.5, 0.6) is 0 Å². The number of carbonyl (C=O) groups is 3. The number of allylic oxidation sites excluding steroid dienone is 1. The number of hydrogen-bond donors (Lipinski definition) is 1. The Kier molecular flexibility index (Phi) is 5.07. The van der Waals surface area contributed by atoms with E-state index in [1.165, 1.54) is 7.11 Å². The van der Waals surface area contributed by atoms with E-state index in [0.29, 0.717) is 12.8 Å². The monoisotopic (exact) mass is 253 g/mol. The van der Waals surface area contributed by atoms with Crippen molar-refractivity contribution < 1.29 is 19.1 Å². The smallest absolute Gasteiger partial charge is 0.413 e. The van der Waals surface area contributed by atoms with Crippen molar-refractivity contribution in [3.63, 3.8) is 0 Å². The second-order valence-electron chi connectivity index (χ2n) is 4.74. The number of nitrogens with one attached hydrogen (secondary N) is 1. The number of imide groups is 1. The van der Waals surface area contributed by atoms with E-state index in [1.54, 1.807) is 0 Å². The SMILES string of the molecule is C=C(C)C[C@H]1CCCC(=O)[C@@H]1C(=O)NC(=O)OC. The van der Waals surface area contributed by atoms with E-state index in [0.717, 1.165) is 18.4 Å². The summed E-state index contributed by atoms with van der Waals surface area (Å²) in [5.74, 6) is -1.48. The Bertz CT molecular complexity index is 375. The van der Waals surface area contributed by atoms with Crippen molar-refractivity contribution >= 4 is 17.8 Å². The predicted molar refractivity (Wildman–Crippen MR) is 65.8 cm³/mol. The lowest BCUT2D eigenvalue weighted by molar-refractivity contribution is -0.137. The minimum absolute atomic E-state index is 0.0617. The Morgan fingerprint density at radius 1 is 1.50 bits per heavy atom. The van der Waals surface area contributed by atoms with Crippen LogP contribution in [-0.2, 0) is 14.3 Å². The third-order valence-electron chi connectivity index (χ3n) is 3.12. The number of carbonyl (C=O) groups excluding carboxylic acids is 3. The van der Waals surface area contributed by atoms with Crippen LogP contribution in [0.3, 0.4) is 0 Å². The van der Waals surface area contributed by atoms with E-state index in [2.05, 4.69) is 16.6 Å². The van der Waals surface area contributed by atoms with Gasteiger partial charge in [0.25, 0.3) is 0 Å². The lowest BCUT2D eigenvalue weighted by Gasteiger charge is -2.29. The largest absolute Gasteiger partial charge is 0.453 e. The third-order valence-corrected chi connectivity index (χ3v) is 3.12. The summed E-state index contributed by atoms with van der Waals surface area (Å²) in [7, 11) is 1.18. The van der Waals surface area contributed by atoms with Crippen LogP contribution >= 0.6 is 0 Å². The lowest BCUT2D eigenvalue weighted by Crippen LogP contribution is -2.44. The molecular weight excluding hydrogens is 234 g/mol. The second kappa shape index (κ2) is 6.33. The molecule has 0 heterocycles. The zero-order valence-corrected chi connectivity index (χ0v) is 10.8. The van der Waals surface area contributed by atoms with Crippen molar-refractivity contribution in [2.45, 2.75) is 32.6 Å². The Morgan fingerprint density at radius 3 is 2.72 bits per heavy atom. The second-order valence-corrected chi connectivity index (χ2v) is 4.74. The van der Waals surface area contributed by atoms with E-state index in [-0.39, 0.29) is 11.7 Å². The summed E-state index contributed by atoms with van der Waals surface area (Å²) in [6.45, 7) is 5.68. The summed E-state index contributed by atoms with van der Waals surface area (Å²) in [5, 5.41) is 2.08. The molecule has 0 bridgehead atoms. The molecule has 18 heavy (non-hydrogen) atoms. The van der Waals surface area contributed by atoms with Gasteiger partial charge in [-0.05, 0) is 32.1 Å². The summed E-state index contributed by atoms with van der Waals surface area (Å²) in [5.41, 5.74) is 0.936.